The molecule has 0 heterocycles. The maximum atomic E-state index is 12.1. The van der Waals surface area contributed by atoms with Crippen LogP contribution in [0.3, 0.4) is 0 Å². The second-order valence-electron chi connectivity index (χ2n) is 3.35. The lowest BCUT2D eigenvalue weighted by atomic mass is 10.5. The molecular formula is C8H13F3N2S. The number of thiocarbonyl (C=S) groups is 1. The minimum Gasteiger partial charge on any atom is -0.360 e. The van der Waals surface area contributed by atoms with Gasteiger partial charge in [-0.15, -0.1) is 0 Å². The predicted molar refractivity (Wildman–Crippen MR) is 52.1 cm³/mol. The summed E-state index contributed by atoms with van der Waals surface area (Å²) in [7, 11) is 0. The molecule has 0 aromatic rings. The molecule has 0 aromatic carbocycles. The van der Waals surface area contributed by atoms with Gasteiger partial charge >= 0.3 is 6.18 Å². The van der Waals surface area contributed by atoms with Crippen LogP contribution in [0.2, 0.25) is 0 Å². The monoisotopic (exact) mass is 226 g/mol. The maximum Gasteiger partial charge on any atom is 0.406 e. The molecule has 0 spiro atoms. The van der Waals surface area contributed by atoms with Crippen molar-refractivity contribution in [2.24, 2.45) is 0 Å². The first-order valence-electron chi connectivity index (χ1n) is 4.54. The summed E-state index contributed by atoms with van der Waals surface area (Å²) in [4.78, 5) is 1.13. The van der Waals surface area contributed by atoms with Crippen LogP contribution in [-0.4, -0.2) is 35.3 Å². The van der Waals surface area contributed by atoms with E-state index in [0.717, 1.165) is 17.7 Å². The van der Waals surface area contributed by atoms with Gasteiger partial charge < -0.3 is 10.2 Å². The lowest BCUT2D eigenvalue weighted by molar-refractivity contribution is -0.137. The molecule has 1 saturated carbocycles. The molecule has 0 aliphatic heterocycles. The smallest absolute Gasteiger partial charge is 0.360 e. The number of hydrogen-bond donors (Lipinski definition) is 1. The van der Waals surface area contributed by atoms with Crippen molar-refractivity contribution < 1.29 is 13.2 Å². The fourth-order valence-corrected chi connectivity index (χ4v) is 1.40. The highest BCUT2D eigenvalue weighted by atomic mass is 32.1. The molecule has 2 nitrogen and oxygen atoms in total. The Morgan fingerprint density at radius 2 is 2.07 bits per heavy atom. The zero-order chi connectivity index (χ0) is 10.8. The molecule has 0 aromatic heterocycles. The quantitative estimate of drug-likeness (QED) is 0.740. The van der Waals surface area contributed by atoms with Gasteiger partial charge in [-0.25, -0.2) is 0 Å². The number of alkyl halides is 3. The van der Waals surface area contributed by atoms with Crippen LogP contribution >= 0.6 is 12.2 Å². The molecule has 14 heavy (non-hydrogen) atoms. The van der Waals surface area contributed by atoms with Crippen LogP contribution in [0.15, 0.2) is 0 Å². The Labute approximate surface area is 86.5 Å². The molecule has 6 heteroatoms. The Kier molecular flexibility index (Phi) is 3.58. The van der Waals surface area contributed by atoms with E-state index in [4.69, 9.17) is 12.2 Å². The molecular weight excluding hydrogens is 213 g/mol. The second-order valence-corrected chi connectivity index (χ2v) is 3.74. The van der Waals surface area contributed by atoms with Gasteiger partial charge in [0.05, 0.1) is 0 Å². The number of hydrogen-bond acceptors (Lipinski definition) is 1. The Bertz CT molecular complexity index is 213. The molecule has 1 rings (SSSR count). The lowest BCUT2D eigenvalue weighted by Gasteiger charge is -2.25. The van der Waals surface area contributed by atoms with E-state index in [1.54, 1.807) is 6.92 Å². The largest absolute Gasteiger partial charge is 0.406 e. The summed E-state index contributed by atoms with van der Waals surface area (Å²) in [6.45, 7) is 0.965. The van der Waals surface area contributed by atoms with Gasteiger partial charge in [0, 0.05) is 12.6 Å². The van der Waals surface area contributed by atoms with E-state index in [2.05, 4.69) is 5.32 Å². The number of nitrogens with one attached hydrogen (secondary N) is 1. The van der Waals surface area contributed by atoms with Crippen LogP contribution in [0, 0.1) is 0 Å². The van der Waals surface area contributed by atoms with Gasteiger partial charge in [0.1, 0.15) is 6.54 Å². The normalized spacial score (nSPS) is 16.6. The van der Waals surface area contributed by atoms with Gasteiger partial charge in [0.25, 0.3) is 0 Å². The topological polar surface area (TPSA) is 15.3 Å². The maximum absolute atomic E-state index is 12.1. The van der Waals surface area contributed by atoms with E-state index in [9.17, 15) is 13.2 Å². The van der Waals surface area contributed by atoms with Gasteiger partial charge in [0.2, 0.25) is 0 Å². The zero-order valence-electron chi connectivity index (χ0n) is 7.90. The molecule has 0 unspecified atom stereocenters. The minimum absolute atomic E-state index is 0.215. The first-order valence-corrected chi connectivity index (χ1v) is 4.95. The third kappa shape index (κ3) is 4.13. The summed E-state index contributed by atoms with van der Waals surface area (Å²) in [5.41, 5.74) is 0. The van der Waals surface area contributed by atoms with Crippen molar-refractivity contribution in [1.82, 2.24) is 10.2 Å². The van der Waals surface area contributed by atoms with Crippen molar-refractivity contribution in [2.45, 2.75) is 32.0 Å². The molecule has 0 bridgehead atoms. The van der Waals surface area contributed by atoms with Crippen LogP contribution in [0.1, 0.15) is 19.8 Å². The van der Waals surface area contributed by atoms with Crippen molar-refractivity contribution in [3.63, 3.8) is 0 Å². The van der Waals surface area contributed by atoms with Crippen LogP contribution in [-0.2, 0) is 0 Å². The highest BCUT2D eigenvalue weighted by molar-refractivity contribution is 7.80. The average Bonchev–Trinajstić information content (AvgIpc) is 2.82. The summed E-state index contributed by atoms with van der Waals surface area (Å²) in [6.07, 6.45) is -2.18. The SMILES string of the molecule is CCN(CC(F)(F)F)C(=S)NC1CC1. The number of rotatable bonds is 3. The van der Waals surface area contributed by atoms with Crippen molar-refractivity contribution in [3.05, 3.63) is 0 Å². The van der Waals surface area contributed by atoms with Gasteiger partial charge in [-0.3, -0.25) is 0 Å². The van der Waals surface area contributed by atoms with Gasteiger partial charge in [-0.2, -0.15) is 13.2 Å². The number of halogens is 3. The number of nitrogens with zero attached hydrogens (tertiary/aromatic N) is 1. The molecule has 0 radical (unpaired) electrons. The third-order valence-electron chi connectivity index (χ3n) is 1.94. The summed E-state index contributed by atoms with van der Waals surface area (Å²) in [5.74, 6) is 0. The molecule has 1 N–H and O–H groups in total. The van der Waals surface area contributed by atoms with Crippen LogP contribution in [0.25, 0.3) is 0 Å². The first kappa shape index (κ1) is 11.6. The van der Waals surface area contributed by atoms with Crippen LogP contribution in [0.4, 0.5) is 13.2 Å². The average molecular weight is 226 g/mol. The minimum atomic E-state index is -4.19. The third-order valence-corrected chi connectivity index (χ3v) is 2.32. The van der Waals surface area contributed by atoms with Crippen LogP contribution in [0.5, 0.6) is 0 Å². The van der Waals surface area contributed by atoms with E-state index < -0.39 is 12.7 Å². The molecule has 0 atom stereocenters. The Morgan fingerprint density at radius 3 is 2.43 bits per heavy atom. The zero-order valence-corrected chi connectivity index (χ0v) is 8.71. The summed E-state index contributed by atoms with van der Waals surface area (Å²) in [6, 6.07) is 0.296. The Hall–Kier alpha value is -0.520. The highest BCUT2D eigenvalue weighted by Gasteiger charge is 2.32. The first-order chi connectivity index (χ1) is 6.42. The highest BCUT2D eigenvalue weighted by Crippen LogP contribution is 2.20. The fraction of sp³-hybridized carbons (Fsp3) is 0.875. The predicted octanol–water partition coefficient (Wildman–Crippen LogP) is 1.91. The van der Waals surface area contributed by atoms with Crippen molar-refractivity contribution in [1.29, 1.82) is 0 Å². The molecule has 1 aliphatic rings. The van der Waals surface area contributed by atoms with E-state index in [1.807, 2.05) is 0 Å². The fourth-order valence-electron chi connectivity index (χ4n) is 1.04. The van der Waals surface area contributed by atoms with Crippen molar-refractivity contribution in [3.8, 4) is 0 Å². The second kappa shape index (κ2) is 4.33. The molecule has 0 saturated heterocycles. The Morgan fingerprint density at radius 1 is 1.50 bits per heavy atom. The summed E-state index contributed by atoms with van der Waals surface area (Å²) < 4.78 is 36.2. The van der Waals surface area contributed by atoms with Gasteiger partial charge in [-0.05, 0) is 32.0 Å². The molecule has 82 valence electrons. The lowest BCUT2D eigenvalue weighted by Crippen LogP contribution is -2.45. The molecule has 0 amide bonds. The summed E-state index contributed by atoms with van der Waals surface area (Å²) in [5, 5.41) is 3.10. The van der Waals surface area contributed by atoms with Gasteiger partial charge in [0.15, 0.2) is 5.11 Å². The van der Waals surface area contributed by atoms with E-state index >= 15 is 0 Å². The molecule has 1 fully saturated rings. The molecule has 1 aliphatic carbocycles. The van der Waals surface area contributed by atoms with E-state index in [1.165, 1.54) is 0 Å². The van der Waals surface area contributed by atoms with Crippen LogP contribution < -0.4 is 5.32 Å². The van der Waals surface area contributed by atoms with E-state index in [0.29, 0.717) is 6.04 Å². The standard InChI is InChI=1S/C8H13F3N2S/c1-2-13(5-8(9,10)11)7(14)12-6-3-4-6/h6H,2-5H2,1H3,(H,12,14). The summed E-state index contributed by atoms with van der Waals surface area (Å²) >= 11 is 4.87. The van der Waals surface area contributed by atoms with Crippen molar-refractivity contribution in [2.75, 3.05) is 13.1 Å². The van der Waals surface area contributed by atoms with E-state index in [-0.39, 0.29) is 11.7 Å². The van der Waals surface area contributed by atoms with Crippen molar-refractivity contribution >= 4 is 17.3 Å². The Balaban J connectivity index is 2.39. The van der Waals surface area contributed by atoms with Gasteiger partial charge in [-0.1, -0.05) is 0 Å².